The standard InChI is InChI=1S/C11H15BrFN3/c1-14-16-5-3-2-4-10(16)8-6-9(13)11(12)15-7-8/h6-7,10,14H,2-5H2,1H3/t10-/m1/s1. The number of hydrogen-bond donors (Lipinski definition) is 1. The van der Waals surface area contributed by atoms with Gasteiger partial charge in [-0.1, -0.05) is 6.42 Å². The van der Waals surface area contributed by atoms with Crippen molar-refractivity contribution >= 4 is 15.9 Å². The number of halogens is 2. The highest BCUT2D eigenvalue weighted by atomic mass is 79.9. The monoisotopic (exact) mass is 287 g/mol. The van der Waals surface area contributed by atoms with Crippen molar-refractivity contribution in [2.45, 2.75) is 25.3 Å². The molecule has 2 rings (SSSR count). The molecule has 0 saturated carbocycles. The van der Waals surface area contributed by atoms with E-state index >= 15 is 0 Å². The second-order valence-corrected chi connectivity index (χ2v) is 4.72. The first-order chi connectivity index (χ1) is 7.72. The number of piperidine rings is 1. The normalized spacial score (nSPS) is 22.3. The molecular formula is C11H15BrFN3. The molecule has 1 fully saturated rings. The molecule has 1 aromatic rings. The Morgan fingerprint density at radius 3 is 3.06 bits per heavy atom. The predicted octanol–water partition coefficient (Wildman–Crippen LogP) is 2.64. The lowest BCUT2D eigenvalue weighted by molar-refractivity contribution is 0.0979. The van der Waals surface area contributed by atoms with Crippen LogP contribution >= 0.6 is 15.9 Å². The van der Waals surface area contributed by atoms with Crippen LogP contribution in [0.1, 0.15) is 30.9 Å². The maximum Gasteiger partial charge on any atom is 0.156 e. The molecule has 5 heteroatoms. The maximum atomic E-state index is 13.4. The number of rotatable bonds is 2. The fourth-order valence-electron chi connectivity index (χ4n) is 2.16. The van der Waals surface area contributed by atoms with E-state index in [0.717, 1.165) is 18.5 Å². The summed E-state index contributed by atoms with van der Waals surface area (Å²) in [6.07, 6.45) is 5.15. The van der Waals surface area contributed by atoms with Crippen LogP contribution in [-0.4, -0.2) is 23.6 Å². The third-order valence-corrected chi connectivity index (χ3v) is 3.58. The van der Waals surface area contributed by atoms with E-state index < -0.39 is 0 Å². The first kappa shape index (κ1) is 12.0. The molecule has 1 aliphatic heterocycles. The first-order valence-corrected chi connectivity index (χ1v) is 6.26. The highest BCUT2D eigenvalue weighted by Gasteiger charge is 2.23. The minimum atomic E-state index is -0.292. The fourth-order valence-corrected chi connectivity index (χ4v) is 2.38. The molecule has 0 amide bonds. The van der Waals surface area contributed by atoms with E-state index in [0.29, 0.717) is 0 Å². The number of hydrogen-bond acceptors (Lipinski definition) is 3. The number of nitrogens with one attached hydrogen (secondary N) is 1. The lowest BCUT2D eigenvalue weighted by Gasteiger charge is -2.34. The maximum absolute atomic E-state index is 13.4. The Morgan fingerprint density at radius 2 is 2.38 bits per heavy atom. The van der Waals surface area contributed by atoms with E-state index in [2.05, 4.69) is 31.3 Å². The molecule has 0 aliphatic carbocycles. The topological polar surface area (TPSA) is 28.2 Å². The van der Waals surface area contributed by atoms with Crippen LogP contribution in [0.15, 0.2) is 16.9 Å². The molecule has 1 atom stereocenters. The van der Waals surface area contributed by atoms with E-state index in [-0.39, 0.29) is 16.5 Å². The molecule has 0 bridgehead atoms. The molecule has 1 saturated heterocycles. The van der Waals surface area contributed by atoms with Crippen molar-refractivity contribution in [1.82, 2.24) is 15.4 Å². The van der Waals surface area contributed by atoms with Crippen LogP contribution in [0.4, 0.5) is 4.39 Å². The van der Waals surface area contributed by atoms with Gasteiger partial charge in [0.25, 0.3) is 0 Å². The van der Waals surface area contributed by atoms with Crippen LogP contribution in [0.3, 0.4) is 0 Å². The predicted molar refractivity (Wildman–Crippen MR) is 64.3 cm³/mol. The Morgan fingerprint density at radius 1 is 1.56 bits per heavy atom. The summed E-state index contributed by atoms with van der Waals surface area (Å²) < 4.78 is 13.7. The third kappa shape index (κ3) is 2.42. The van der Waals surface area contributed by atoms with Crippen molar-refractivity contribution in [2.24, 2.45) is 0 Å². The van der Waals surface area contributed by atoms with Gasteiger partial charge in [0.1, 0.15) is 4.60 Å². The van der Waals surface area contributed by atoms with Crippen LogP contribution in [0.25, 0.3) is 0 Å². The van der Waals surface area contributed by atoms with Gasteiger partial charge in [-0.05, 0) is 47.4 Å². The van der Waals surface area contributed by atoms with Crippen molar-refractivity contribution in [3.8, 4) is 0 Å². The van der Waals surface area contributed by atoms with Crippen molar-refractivity contribution in [1.29, 1.82) is 0 Å². The quantitative estimate of drug-likeness (QED) is 0.848. The Hall–Kier alpha value is -0.520. The van der Waals surface area contributed by atoms with Crippen molar-refractivity contribution < 1.29 is 4.39 Å². The average molecular weight is 288 g/mol. The summed E-state index contributed by atoms with van der Waals surface area (Å²) in [7, 11) is 1.90. The minimum absolute atomic E-state index is 0.230. The van der Waals surface area contributed by atoms with Gasteiger partial charge in [0.2, 0.25) is 0 Å². The molecule has 88 valence electrons. The third-order valence-electron chi connectivity index (χ3n) is 2.99. The van der Waals surface area contributed by atoms with Crippen molar-refractivity contribution in [3.63, 3.8) is 0 Å². The molecular weight excluding hydrogens is 273 g/mol. The summed E-state index contributed by atoms with van der Waals surface area (Å²) in [5, 5.41) is 2.15. The molecule has 1 aromatic heterocycles. The molecule has 2 heterocycles. The SMILES string of the molecule is CNN1CCCC[C@@H]1c1cnc(Br)c(F)c1. The number of hydrazine groups is 1. The number of nitrogens with zero attached hydrogens (tertiary/aromatic N) is 2. The van der Waals surface area contributed by atoms with Gasteiger partial charge in [-0.2, -0.15) is 0 Å². The molecule has 0 unspecified atom stereocenters. The largest absolute Gasteiger partial charge is 0.258 e. The fraction of sp³-hybridized carbons (Fsp3) is 0.545. The molecule has 3 nitrogen and oxygen atoms in total. The summed E-state index contributed by atoms with van der Waals surface area (Å²) in [5.74, 6) is -0.292. The van der Waals surface area contributed by atoms with Gasteiger partial charge in [0.15, 0.2) is 5.82 Å². The van der Waals surface area contributed by atoms with E-state index in [1.54, 1.807) is 12.3 Å². The van der Waals surface area contributed by atoms with E-state index in [1.165, 1.54) is 12.8 Å². The van der Waals surface area contributed by atoms with Gasteiger partial charge in [-0.15, -0.1) is 0 Å². The highest BCUT2D eigenvalue weighted by molar-refractivity contribution is 9.10. The zero-order valence-electron chi connectivity index (χ0n) is 9.21. The molecule has 0 radical (unpaired) electrons. The molecule has 1 aliphatic rings. The molecule has 0 aromatic carbocycles. The van der Waals surface area contributed by atoms with E-state index in [4.69, 9.17) is 0 Å². The second kappa shape index (κ2) is 5.21. The summed E-state index contributed by atoms with van der Waals surface area (Å²) in [5.41, 5.74) is 4.10. The molecule has 0 spiro atoms. The zero-order chi connectivity index (χ0) is 11.5. The Kier molecular flexibility index (Phi) is 3.89. The molecule has 16 heavy (non-hydrogen) atoms. The Bertz CT molecular complexity index is 372. The smallest absolute Gasteiger partial charge is 0.156 e. The van der Waals surface area contributed by atoms with Gasteiger partial charge >= 0.3 is 0 Å². The number of aromatic nitrogens is 1. The summed E-state index contributed by atoms with van der Waals surface area (Å²) in [6, 6.07) is 1.80. The van der Waals surface area contributed by atoms with Gasteiger partial charge in [0.05, 0.1) is 6.04 Å². The molecule has 1 N–H and O–H groups in total. The summed E-state index contributed by atoms with van der Waals surface area (Å²) in [4.78, 5) is 4.01. The summed E-state index contributed by atoms with van der Waals surface area (Å²) in [6.45, 7) is 0.999. The van der Waals surface area contributed by atoms with E-state index in [1.807, 2.05) is 7.05 Å². The highest BCUT2D eigenvalue weighted by Crippen LogP contribution is 2.29. The van der Waals surface area contributed by atoms with Crippen molar-refractivity contribution in [2.75, 3.05) is 13.6 Å². The van der Waals surface area contributed by atoms with Gasteiger partial charge in [-0.3, -0.25) is 5.43 Å². The van der Waals surface area contributed by atoms with Crippen molar-refractivity contribution in [3.05, 3.63) is 28.2 Å². The van der Waals surface area contributed by atoms with Crippen LogP contribution < -0.4 is 5.43 Å². The average Bonchev–Trinajstić information content (AvgIpc) is 2.32. The zero-order valence-corrected chi connectivity index (χ0v) is 10.8. The Balaban J connectivity index is 2.23. The first-order valence-electron chi connectivity index (χ1n) is 5.47. The van der Waals surface area contributed by atoms with Gasteiger partial charge in [0, 0.05) is 12.7 Å². The van der Waals surface area contributed by atoms with Gasteiger partial charge < -0.3 is 0 Å². The summed E-state index contributed by atoms with van der Waals surface area (Å²) >= 11 is 3.07. The lowest BCUT2D eigenvalue weighted by Crippen LogP contribution is -2.41. The number of pyridine rings is 1. The lowest BCUT2D eigenvalue weighted by atomic mass is 9.98. The minimum Gasteiger partial charge on any atom is -0.258 e. The second-order valence-electron chi connectivity index (χ2n) is 3.97. The van der Waals surface area contributed by atoms with Crippen LogP contribution in [0.2, 0.25) is 0 Å². The van der Waals surface area contributed by atoms with Crippen LogP contribution in [0.5, 0.6) is 0 Å². The van der Waals surface area contributed by atoms with Crippen LogP contribution in [0, 0.1) is 5.82 Å². The van der Waals surface area contributed by atoms with Gasteiger partial charge in [-0.25, -0.2) is 14.4 Å². The van der Waals surface area contributed by atoms with E-state index in [9.17, 15) is 4.39 Å². The Labute approximate surface area is 103 Å². The van der Waals surface area contributed by atoms with Crippen LogP contribution in [-0.2, 0) is 0 Å².